The fourth-order valence-electron chi connectivity index (χ4n) is 1.76. The lowest BCUT2D eigenvalue weighted by atomic mass is 10.3. The number of nitrogens with zero attached hydrogens (tertiary/aromatic N) is 2. The fraction of sp³-hybridized carbons (Fsp3) is 0.818. The molecule has 1 aliphatic heterocycles. The van der Waals surface area contributed by atoms with E-state index in [0.29, 0.717) is 39.3 Å². The van der Waals surface area contributed by atoms with Crippen LogP contribution in [0.15, 0.2) is 0 Å². The van der Waals surface area contributed by atoms with Crippen molar-refractivity contribution in [3.63, 3.8) is 0 Å². The van der Waals surface area contributed by atoms with Gasteiger partial charge in [-0.15, -0.1) is 0 Å². The third kappa shape index (κ3) is 4.89. The molecule has 0 spiro atoms. The minimum atomic E-state index is -0.290. The number of aliphatic hydroxyl groups excluding tert-OH is 1. The molecule has 0 unspecified atom stereocenters. The van der Waals surface area contributed by atoms with Crippen LogP contribution in [0.2, 0.25) is 0 Å². The molecule has 0 atom stereocenters. The number of carbonyl (C=O) groups is 2. The molecule has 0 aliphatic carbocycles. The Morgan fingerprint density at radius 1 is 1.28 bits per heavy atom. The van der Waals surface area contributed by atoms with Crippen LogP contribution in [-0.4, -0.2) is 79.4 Å². The van der Waals surface area contributed by atoms with Crippen LogP contribution in [0.25, 0.3) is 0 Å². The van der Waals surface area contributed by atoms with E-state index in [4.69, 9.17) is 9.84 Å². The van der Waals surface area contributed by atoms with Crippen molar-refractivity contribution in [2.75, 3.05) is 52.5 Å². The normalized spacial score (nSPS) is 16.4. The Labute approximate surface area is 107 Å². The molecule has 1 heterocycles. The van der Waals surface area contributed by atoms with Gasteiger partial charge in [0.1, 0.15) is 0 Å². The first kappa shape index (κ1) is 14.7. The van der Waals surface area contributed by atoms with E-state index in [1.165, 1.54) is 0 Å². The minimum absolute atomic E-state index is 0.0532. The van der Waals surface area contributed by atoms with Gasteiger partial charge in [-0.2, -0.15) is 0 Å². The van der Waals surface area contributed by atoms with Crippen molar-refractivity contribution in [2.45, 2.75) is 6.92 Å². The molecule has 0 aromatic rings. The predicted molar refractivity (Wildman–Crippen MR) is 65.1 cm³/mol. The monoisotopic (exact) mass is 259 g/mol. The summed E-state index contributed by atoms with van der Waals surface area (Å²) >= 11 is 0. The smallest absolute Gasteiger partial charge is 0.409 e. The summed E-state index contributed by atoms with van der Waals surface area (Å²) in [4.78, 5) is 26.5. The van der Waals surface area contributed by atoms with Crippen LogP contribution in [0.4, 0.5) is 4.79 Å². The Balaban J connectivity index is 2.22. The second-order valence-corrected chi connectivity index (χ2v) is 4.04. The van der Waals surface area contributed by atoms with Crippen molar-refractivity contribution in [3.05, 3.63) is 0 Å². The van der Waals surface area contributed by atoms with E-state index in [0.717, 1.165) is 0 Å². The van der Waals surface area contributed by atoms with Crippen molar-refractivity contribution < 1.29 is 19.4 Å². The van der Waals surface area contributed by atoms with Gasteiger partial charge in [-0.25, -0.2) is 4.79 Å². The maximum absolute atomic E-state index is 11.4. The summed E-state index contributed by atoms with van der Waals surface area (Å²) in [5.74, 6) is -0.103. The molecule has 1 aliphatic rings. The number of hydrogen-bond acceptors (Lipinski definition) is 5. The summed E-state index contributed by atoms with van der Waals surface area (Å²) in [5, 5.41) is 11.2. The van der Waals surface area contributed by atoms with Gasteiger partial charge in [-0.1, -0.05) is 0 Å². The highest BCUT2D eigenvalue weighted by Gasteiger charge is 2.22. The molecule has 0 saturated carbocycles. The molecular weight excluding hydrogens is 238 g/mol. The molecule has 0 aromatic carbocycles. The molecule has 0 bridgehead atoms. The number of aliphatic hydroxyl groups is 1. The second-order valence-electron chi connectivity index (χ2n) is 4.04. The molecule has 0 radical (unpaired) electrons. The van der Waals surface area contributed by atoms with Crippen LogP contribution < -0.4 is 5.32 Å². The molecule has 1 saturated heterocycles. The SMILES string of the molecule is CCOC(=O)N1CCN(CC(=O)NCCO)CC1. The number of rotatable bonds is 5. The molecule has 104 valence electrons. The highest BCUT2D eigenvalue weighted by atomic mass is 16.6. The number of hydrogen-bond donors (Lipinski definition) is 2. The van der Waals surface area contributed by atoms with Crippen LogP contribution in [0.1, 0.15) is 6.92 Å². The number of piperazine rings is 1. The largest absolute Gasteiger partial charge is 0.450 e. The van der Waals surface area contributed by atoms with Gasteiger partial charge in [0.05, 0.1) is 19.8 Å². The number of ether oxygens (including phenoxy) is 1. The van der Waals surface area contributed by atoms with Crippen LogP contribution in [-0.2, 0) is 9.53 Å². The minimum Gasteiger partial charge on any atom is -0.450 e. The summed E-state index contributed by atoms with van der Waals surface area (Å²) in [6.07, 6.45) is -0.290. The number of amides is 2. The Hall–Kier alpha value is -1.34. The van der Waals surface area contributed by atoms with Gasteiger partial charge >= 0.3 is 6.09 Å². The van der Waals surface area contributed by atoms with Crippen molar-refractivity contribution in [1.82, 2.24) is 15.1 Å². The first-order valence-corrected chi connectivity index (χ1v) is 6.19. The highest BCUT2D eigenvalue weighted by Crippen LogP contribution is 2.03. The third-order valence-electron chi connectivity index (χ3n) is 2.70. The maximum atomic E-state index is 11.4. The lowest BCUT2D eigenvalue weighted by Crippen LogP contribution is -2.51. The van der Waals surface area contributed by atoms with E-state index >= 15 is 0 Å². The number of nitrogens with one attached hydrogen (secondary N) is 1. The topological polar surface area (TPSA) is 82.1 Å². The summed E-state index contributed by atoms with van der Waals surface area (Å²) in [5.41, 5.74) is 0. The lowest BCUT2D eigenvalue weighted by Gasteiger charge is -2.33. The predicted octanol–water partition coefficient (Wildman–Crippen LogP) is -1.13. The van der Waals surface area contributed by atoms with Gasteiger partial charge in [0.25, 0.3) is 0 Å². The molecule has 1 fully saturated rings. The van der Waals surface area contributed by atoms with Crippen LogP contribution in [0, 0.1) is 0 Å². The van der Waals surface area contributed by atoms with Crippen molar-refractivity contribution in [3.8, 4) is 0 Å². The van der Waals surface area contributed by atoms with E-state index in [9.17, 15) is 9.59 Å². The summed E-state index contributed by atoms with van der Waals surface area (Å²) in [6.45, 7) is 5.15. The van der Waals surface area contributed by atoms with Crippen LogP contribution in [0.5, 0.6) is 0 Å². The lowest BCUT2D eigenvalue weighted by molar-refractivity contribution is -0.122. The summed E-state index contributed by atoms with van der Waals surface area (Å²) in [7, 11) is 0. The van der Waals surface area contributed by atoms with Crippen LogP contribution >= 0.6 is 0 Å². The standard InChI is InChI=1S/C11H21N3O4/c1-2-18-11(17)14-6-4-13(5-7-14)9-10(16)12-3-8-15/h15H,2-9H2,1H3,(H,12,16). The molecule has 7 nitrogen and oxygen atoms in total. The van der Waals surface area contributed by atoms with Crippen molar-refractivity contribution in [2.24, 2.45) is 0 Å². The third-order valence-corrected chi connectivity index (χ3v) is 2.70. The second kappa shape index (κ2) is 7.88. The Kier molecular flexibility index (Phi) is 6.45. The van der Waals surface area contributed by atoms with Gasteiger partial charge in [0, 0.05) is 32.7 Å². The van der Waals surface area contributed by atoms with E-state index in [1.54, 1.807) is 11.8 Å². The average Bonchev–Trinajstić information content (AvgIpc) is 2.37. The van der Waals surface area contributed by atoms with E-state index in [2.05, 4.69) is 5.32 Å². The number of carbonyl (C=O) groups excluding carboxylic acids is 2. The van der Waals surface area contributed by atoms with Gasteiger partial charge in [-0.05, 0) is 6.92 Å². The fourth-order valence-corrected chi connectivity index (χ4v) is 1.76. The van der Waals surface area contributed by atoms with Crippen molar-refractivity contribution in [1.29, 1.82) is 0 Å². The first-order chi connectivity index (χ1) is 8.67. The van der Waals surface area contributed by atoms with Gasteiger partial charge in [-0.3, -0.25) is 9.69 Å². The maximum Gasteiger partial charge on any atom is 0.409 e. The van der Waals surface area contributed by atoms with Gasteiger partial charge in [0.2, 0.25) is 5.91 Å². The molecule has 18 heavy (non-hydrogen) atoms. The average molecular weight is 259 g/mol. The van der Waals surface area contributed by atoms with Crippen LogP contribution in [0.3, 0.4) is 0 Å². The van der Waals surface area contributed by atoms with E-state index < -0.39 is 0 Å². The first-order valence-electron chi connectivity index (χ1n) is 6.19. The summed E-state index contributed by atoms with van der Waals surface area (Å²) in [6, 6.07) is 0. The highest BCUT2D eigenvalue weighted by molar-refractivity contribution is 5.78. The van der Waals surface area contributed by atoms with E-state index in [1.807, 2.05) is 4.90 Å². The zero-order valence-corrected chi connectivity index (χ0v) is 10.7. The molecule has 2 amide bonds. The Morgan fingerprint density at radius 2 is 1.94 bits per heavy atom. The van der Waals surface area contributed by atoms with E-state index in [-0.39, 0.29) is 25.2 Å². The Bertz CT molecular complexity index is 277. The molecule has 0 aromatic heterocycles. The van der Waals surface area contributed by atoms with Gasteiger partial charge in [0.15, 0.2) is 0 Å². The van der Waals surface area contributed by atoms with Gasteiger partial charge < -0.3 is 20.1 Å². The summed E-state index contributed by atoms with van der Waals surface area (Å²) < 4.78 is 4.91. The quantitative estimate of drug-likeness (QED) is 0.653. The molecule has 2 N–H and O–H groups in total. The molecular formula is C11H21N3O4. The molecule has 1 rings (SSSR count). The van der Waals surface area contributed by atoms with Crippen molar-refractivity contribution >= 4 is 12.0 Å². The molecule has 7 heteroatoms. The Morgan fingerprint density at radius 3 is 2.50 bits per heavy atom. The zero-order valence-electron chi connectivity index (χ0n) is 10.7. The zero-order chi connectivity index (χ0) is 13.4.